The Labute approximate surface area is 158 Å². The van der Waals surface area contributed by atoms with Crippen molar-refractivity contribution in [3.05, 3.63) is 48.2 Å². The molecule has 2 aliphatic heterocycles. The zero-order chi connectivity index (χ0) is 19.2. The third-order valence-corrected chi connectivity index (χ3v) is 4.46. The number of methoxy groups -OCH3 is 1. The maximum Gasteiger partial charge on any atom is 0.332 e. The highest BCUT2D eigenvalue weighted by Gasteiger charge is 2.49. The number of nitrogens with one attached hydrogen (secondary N) is 1. The molecule has 8 nitrogen and oxygen atoms in total. The molecule has 3 rings (SSSR count). The van der Waals surface area contributed by atoms with E-state index in [1.165, 1.54) is 19.4 Å². The summed E-state index contributed by atoms with van der Waals surface area (Å²) in [5.74, 6) is -0.477. The van der Waals surface area contributed by atoms with E-state index >= 15 is 0 Å². The SMILES string of the molecule is CCOC(=O)/C=C\N[C@H]1[C@@H](OC)O[C@@H]2COC(c3ccccc3)O[C@H]2[C@@H]1O. The second kappa shape index (κ2) is 9.29. The summed E-state index contributed by atoms with van der Waals surface area (Å²) in [4.78, 5) is 11.4. The molecule has 1 aromatic carbocycles. The summed E-state index contributed by atoms with van der Waals surface area (Å²) in [6, 6.07) is 8.87. The van der Waals surface area contributed by atoms with Crippen LogP contribution >= 0.6 is 0 Å². The van der Waals surface area contributed by atoms with Crippen LogP contribution in [0.3, 0.4) is 0 Å². The lowest BCUT2D eigenvalue weighted by molar-refractivity contribution is -0.341. The predicted octanol–water partition coefficient (Wildman–Crippen LogP) is 0.868. The van der Waals surface area contributed by atoms with E-state index in [9.17, 15) is 9.90 Å². The van der Waals surface area contributed by atoms with E-state index in [4.69, 9.17) is 23.7 Å². The van der Waals surface area contributed by atoms with Gasteiger partial charge in [-0.2, -0.15) is 0 Å². The number of benzene rings is 1. The molecule has 148 valence electrons. The molecule has 6 atom stereocenters. The zero-order valence-electron chi connectivity index (χ0n) is 15.3. The Hall–Kier alpha value is -1.97. The number of aliphatic hydroxyl groups is 1. The Morgan fingerprint density at radius 1 is 1.33 bits per heavy atom. The quantitative estimate of drug-likeness (QED) is 0.555. The number of hydrogen-bond acceptors (Lipinski definition) is 8. The van der Waals surface area contributed by atoms with Crippen molar-refractivity contribution in [2.24, 2.45) is 0 Å². The molecular weight excluding hydrogens is 354 g/mol. The molecule has 0 radical (unpaired) electrons. The van der Waals surface area contributed by atoms with E-state index in [-0.39, 0.29) is 13.2 Å². The molecule has 0 amide bonds. The van der Waals surface area contributed by atoms with Crippen molar-refractivity contribution >= 4 is 5.97 Å². The number of aliphatic hydroxyl groups excluding tert-OH is 1. The number of fused-ring (bicyclic) bond motifs is 1. The fourth-order valence-electron chi connectivity index (χ4n) is 3.17. The predicted molar refractivity (Wildman–Crippen MR) is 94.4 cm³/mol. The van der Waals surface area contributed by atoms with E-state index in [0.717, 1.165) is 5.56 Å². The van der Waals surface area contributed by atoms with Gasteiger partial charge in [-0.25, -0.2) is 4.79 Å². The molecule has 2 fully saturated rings. The van der Waals surface area contributed by atoms with Crippen LogP contribution in [0.2, 0.25) is 0 Å². The number of carbonyl (C=O) groups excluding carboxylic acids is 1. The summed E-state index contributed by atoms with van der Waals surface area (Å²) in [7, 11) is 1.48. The standard InChI is InChI=1S/C19H25NO7/c1-3-24-14(21)9-10-20-15-16(22)17-13(26-19(15)23-2)11-25-18(27-17)12-7-5-4-6-8-12/h4-10,13,15-20,22H,3,11H2,1-2H3/b10-9-/t13-,15-,16-,17-,18?,19+/m1/s1. The normalized spacial score (nSPS) is 33.4. The van der Waals surface area contributed by atoms with Gasteiger partial charge in [0.25, 0.3) is 0 Å². The molecule has 2 heterocycles. The second-order valence-electron chi connectivity index (χ2n) is 6.22. The second-order valence-corrected chi connectivity index (χ2v) is 6.22. The van der Waals surface area contributed by atoms with Gasteiger partial charge < -0.3 is 34.1 Å². The molecule has 0 saturated carbocycles. The number of ether oxygens (including phenoxy) is 5. The molecular formula is C19H25NO7. The topological polar surface area (TPSA) is 95.5 Å². The third kappa shape index (κ3) is 4.66. The Bertz CT molecular complexity index is 638. The summed E-state index contributed by atoms with van der Waals surface area (Å²) in [5.41, 5.74) is 0.865. The van der Waals surface area contributed by atoms with Crippen LogP contribution < -0.4 is 5.32 Å². The third-order valence-electron chi connectivity index (χ3n) is 4.46. The Morgan fingerprint density at radius 3 is 2.81 bits per heavy atom. The first-order valence-corrected chi connectivity index (χ1v) is 8.91. The van der Waals surface area contributed by atoms with Crippen molar-refractivity contribution in [3.63, 3.8) is 0 Å². The molecule has 0 aromatic heterocycles. The van der Waals surface area contributed by atoms with Gasteiger partial charge in [-0.3, -0.25) is 0 Å². The Balaban J connectivity index is 1.68. The fraction of sp³-hybridized carbons (Fsp3) is 0.526. The number of rotatable bonds is 6. The van der Waals surface area contributed by atoms with Crippen molar-refractivity contribution in [1.82, 2.24) is 5.32 Å². The van der Waals surface area contributed by atoms with E-state index in [1.54, 1.807) is 6.92 Å². The molecule has 2 aliphatic rings. The first-order valence-electron chi connectivity index (χ1n) is 8.91. The van der Waals surface area contributed by atoms with Crippen LogP contribution in [-0.2, 0) is 28.5 Å². The highest BCUT2D eigenvalue weighted by molar-refractivity contribution is 5.81. The lowest BCUT2D eigenvalue weighted by Gasteiger charge is -2.47. The van der Waals surface area contributed by atoms with Gasteiger partial charge in [-0.1, -0.05) is 30.3 Å². The average Bonchev–Trinajstić information content (AvgIpc) is 2.70. The van der Waals surface area contributed by atoms with Gasteiger partial charge in [-0.15, -0.1) is 0 Å². The highest BCUT2D eigenvalue weighted by atomic mass is 16.7. The lowest BCUT2D eigenvalue weighted by Crippen LogP contribution is -2.65. The number of esters is 1. The molecule has 1 aromatic rings. The summed E-state index contributed by atoms with van der Waals surface area (Å²) >= 11 is 0. The summed E-state index contributed by atoms with van der Waals surface area (Å²) < 4.78 is 27.7. The van der Waals surface area contributed by atoms with Crippen LogP contribution in [0.1, 0.15) is 18.8 Å². The minimum absolute atomic E-state index is 0.270. The largest absolute Gasteiger partial charge is 0.463 e. The van der Waals surface area contributed by atoms with Gasteiger partial charge in [0.2, 0.25) is 0 Å². The molecule has 0 aliphatic carbocycles. The van der Waals surface area contributed by atoms with Gasteiger partial charge in [0.1, 0.15) is 24.4 Å². The van der Waals surface area contributed by atoms with Crippen LogP contribution in [-0.4, -0.2) is 62.0 Å². The Morgan fingerprint density at radius 2 is 2.11 bits per heavy atom. The maximum absolute atomic E-state index is 11.4. The number of carbonyl (C=O) groups is 1. The van der Waals surface area contributed by atoms with Crippen LogP contribution in [0.15, 0.2) is 42.6 Å². The van der Waals surface area contributed by atoms with Crippen LogP contribution in [0.4, 0.5) is 0 Å². The summed E-state index contributed by atoms with van der Waals surface area (Å²) in [6.07, 6.45) is -0.659. The zero-order valence-corrected chi connectivity index (χ0v) is 15.3. The molecule has 2 saturated heterocycles. The smallest absolute Gasteiger partial charge is 0.332 e. The minimum Gasteiger partial charge on any atom is -0.463 e. The van der Waals surface area contributed by atoms with Gasteiger partial charge in [0.05, 0.1) is 13.2 Å². The first kappa shape index (κ1) is 19.8. The van der Waals surface area contributed by atoms with Crippen molar-refractivity contribution < 1.29 is 33.6 Å². The van der Waals surface area contributed by atoms with E-state index in [1.807, 2.05) is 30.3 Å². The van der Waals surface area contributed by atoms with Crippen LogP contribution in [0.5, 0.6) is 0 Å². The summed E-state index contributed by atoms with van der Waals surface area (Å²) in [5, 5.41) is 13.8. The fourth-order valence-corrected chi connectivity index (χ4v) is 3.17. The Kier molecular flexibility index (Phi) is 6.81. The molecule has 8 heteroatoms. The summed E-state index contributed by atoms with van der Waals surface area (Å²) in [6.45, 7) is 2.29. The molecule has 2 N–H and O–H groups in total. The van der Waals surface area contributed by atoms with E-state index in [0.29, 0.717) is 0 Å². The maximum atomic E-state index is 11.4. The minimum atomic E-state index is -0.935. The van der Waals surface area contributed by atoms with Crippen molar-refractivity contribution in [3.8, 4) is 0 Å². The van der Waals surface area contributed by atoms with Gasteiger partial charge >= 0.3 is 5.97 Å². The highest BCUT2D eigenvalue weighted by Crippen LogP contribution is 2.34. The molecule has 0 bridgehead atoms. The molecule has 1 unspecified atom stereocenters. The van der Waals surface area contributed by atoms with Crippen molar-refractivity contribution in [1.29, 1.82) is 0 Å². The first-order chi connectivity index (χ1) is 13.1. The molecule has 0 spiro atoms. The van der Waals surface area contributed by atoms with Gasteiger partial charge in [0.15, 0.2) is 12.6 Å². The van der Waals surface area contributed by atoms with Crippen LogP contribution in [0.25, 0.3) is 0 Å². The monoisotopic (exact) mass is 379 g/mol. The van der Waals surface area contributed by atoms with E-state index in [2.05, 4.69) is 5.32 Å². The molecule has 27 heavy (non-hydrogen) atoms. The van der Waals surface area contributed by atoms with Gasteiger partial charge in [-0.05, 0) is 6.92 Å². The number of hydrogen-bond donors (Lipinski definition) is 2. The van der Waals surface area contributed by atoms with Crippen molar-refractivity contribution in [2.75, 3.05) is 20.3 Å². The van der Waals surface area contributed by atoms with Crippen molar-refractivity contribution in [2.45, 2.75) is 43.9 Å². The van der Waals surface area contributed by atoms with Crippen LogP contribution in [0, 0.1) is 0 Å². The lowest BCUT2D eigenvalue weighted by atomic mass is 9.96. The average molecular weight is 379 g/mol. The van der Waals surface area contributed by atoms with Gasteiger partial charge in [0, 0.05) is 24.9 Å². The van der Waals surface area contributed by atoms with E-state index < -0.39 is 42.9 Å².